The van der Waals surface area contributed by atoms with Gasteiger partial charge in [-0.1, -0.05) is 18.2 Å². The van der Waals surface area contributed by atoms with E-state index >= 15 is 0 Å². The Labute approximate surface area is 135 Å². The van der Waals surface area contributed by atoms with E-state index in [0.29, 0.717) is 0 Å². The molecule has 0 bridgehead atoms. The van der Waals surface area contributed by atoms with Crippen molar-refractivity contribution in [3.63, 3.8) is 0 Å². The first kappa shape index (κ1) is 16.0. The van der Waals surface area contributed by atoms with E-state index in [4.69, 9.17) is 9.31 Å². The third-order valence-corrected chi connectivity index (χ3v) is 5.98. The first-order valence-corrected chi connectivity index (χ1v) is 8.25. The molecule has 0 N–H and O–H groups in total. The van der Waals surface area contributed by atoms with E-state index in [1.54, 1.807) is 0 Å². The largest absolute Gasteiger partial charge is 0.494 e. The molecule has 4 heteroatoms. The van der Waals surface area contributed by atoms with Gasteiger partial charge in [0.25, 0.3) is 0 Å². The second kappa shape index (κ2) is 4.83. The highest BCUT2D eigenvalue weighted by atomic mass is 16.7. The average molecular weight is 301 g/mol. The number of nitrogens with zero attached hydrogens (tertiary/aromatic N) is 1. The third kappa shape index (κ3) is 2.32. The summed E-state index contributed by atoms with van der Waals surface area (Å²) in [6, 6.07) is 6.71. The quantitative estimate of drug-likeness (QED) is 0.745. The Kier molecular flexibility index (Phi) is 3.52. The number of hydrogen-bond donors (Lipinski definition) is 0. The molecule has 3 nitrogen and oxygen atoms in total. The van der Waals surface area contributed by atoms with Gasteiger partial charge in [-0.2, -0.15) is 0 Å². The maximum absolute atomic E-state index is 6.18. The predicted molar refractivity (Wildman–Crippen MR) is 91.5 cm³/mol. The van der Waals surface area contributed by atoms with Crippen molar-refractivity contribution in [3.05, 3.63) is 29.3 Å². The van der Waals surface area contributed by atoms with Gasteiger partial charge in [0, 0.05) is 12.1 Å². The summed E-state index contributed by atoms with van der Waals surface area (Å²) in [6.45, 7) is 14.1. The maximum Gasteiger partial charge on any atom is 0.494 e. The molecule has 1 aromatic rings. The maximum atomic E-state index is 6.18. The zero-order valence-corrected chi connectivity index (χ0v) is 15.0. The number of likely N-dealkylation sites (N-methyl/N-ethyl adjacent to an activating group) is 1. The van der Waals surface area contributed by atoms with Gasteiger partial charge in [0.2, 0.25) is 0 Å². The van der Waals surface area contributed by atoms with E-state index in [9.17, 15) is 0 Å². The fourth-order valence-corrected chi connectivity index (χ4v) is 3.32. The molecule has 0 unspecified atom stereocenters. The minimum atomic E-state index is -0.285. The van der Waals surface area contributed by atoms with Gasteiger partial charge in [-0.25, -0.2) is 0 Å². The van der Waals surface area contributed by atoms with Crippen LogP contribution in [0.2, 0.25) is 0 Å². The van der Waals surface area contributed by atoms with Gasteiger partial charge in [0.05, 0.1) is 11.2 Å². The zero-order chi connectivity index (χ0) is 16.3. The van der Waals surface area contributed by atoms with Gasteiger partial charge >= 0.3 is 7.12 Å². The van der Waals surface area contributed by atoms with E-state index < -0.39 is 0 Å². The van der Waals surface area contributed by atoms with E-state index in [1.807, 2.05) is 0 Å². The van der Waals surface area contributed by atoms with Crippen LogP contribution in [0.5, 0.6) is 0 Å². The van der Waals surface area contributed by atoms with E-state index in [-0.39, 0.29) is 23.9 Å². The van der Waals surface area contributed by atoms with Crippen molar-refractivity contribution in [2.24, 2.45) is 0 Å². The average Bonchev–Trinajstić information content (AvgIpc) is 2.63. The van der Waals surface area contributed by atoms with Gasteiger partial charge in [-0.15, -0.1) is 0 Å². The highest BCUT2D eigenvalue weighted by Gasteiger charge is 2.51. The second-order valence-electron chi connectivity index (χ2n) is 8.24. The predicted octanol–water partition coefficient (Wildman–Crippen LogP) is 2.71. The molecule has 0 atom stereocenters. The van der Waals surface area contributed by atoms with Gasteiger partial charge in [-0.3, -0.25) is 4.90 Å². The lowest BCUT2D eigenvalue weighted by atomic mass is 9.74. The molecule has 22 heavy (non-hydrogen) atoms. The van der Waals surface area contributed by atoms with Crippen molar-refractivity contribution < 1.29 is 9.31 Å². The van der Waals surface area contributed by atoms with Gasteiger partial charge in [0.15, 0.2) is 0 Å². The molecule has 2 heterocycles. The topological polar surface area (TPSA) is 21.7 Å². The molecule has 1 aromatic carbocycles. The summed E-state index contributed by atoms with van der Waals surface area (Å²) >= 11 is 0. The summed E-state index contributed by atoms with van der Waals surface area (Å²) in [4.78, 5) is 2.42. The van der Waals surface area contributed by atoms with E-state index in [2.05, 4.69) is 71.7 Å². The van der Waals surface area contributed by atoms with Crippen LogP contribution in [0.1, 0.15) is 52.7 Å². The fraction of sp³-hybridized carbons (Fsp3) is 0.667. The van der Waals surface area contributed by atoms with Crippen molar-refractivity contribution in [2.45, 2.75) is 64.7 Å². The molecule has 3 rings (SSSR count). The first-order valence-electron chi connectivity index (χ1n) is 8.25. The summed E-state index contributed by atoms with van der Waals surface area (Å²) < 4.78 is 12.4. The minimum absolute atomic E-state index is 0.0854. The summed E-state index contributed by atoms with van der Waals surface area (Å²) in [5, 5.41) is 0. The second-order valence-corrected chi connectivity index (χ2v) is 8.24. The molecule has 2 aliphatic rings. The fourth-order valence-electron chi connectivity index (χ4n) is 3.32. The van der Waals surface area contributed by atoms with Crippen LogP contribution in [0.15, 0.2) is 18.2 Å². The van der Waals surface area contributed by atoms with Crippen LogP contribution in [0.4, 0.5) is 0 Å². The lowest BCUT2D eigenvalue weighted by Crippen LogP contribution is -2.45. The molecule has 0 aliphatic carbocycles. The van der Waals surface area contributed by atoms with Crippen molar-refractivity contribution in [1.82, 2.24) is 4.90 Å². The molecule has 0 aromatic heterocycles. The zero-order valence-electron chi connectivity index (χ0n) is 15.0. The monoisotopic (exact) mass is 301 g/mol. The van der Waals surface area contributed by atoms with Crippen molar-refractivity contribution in [3.8, 4) is 0 Å². The van der Waals surface area contributed by atoms with Crippen molar-refractivity contribution in [2.75, 3.05) is 13.6 Å². The van der Waals surface area contributed by atoms with Crippen LogP contribution in [0.3, 0.4) is 0 Å². The SMILES string of the molecule is CN1CCc2cc(B3OC(C)(C)C(C)(C)O3)ccc2C1(C)C. The number of hydrogen-bond acceptors (Lipinski definition) is 3. The Bertz CT molecular complexity index is 579. The Balaban J connectivity index is 1.93. The molecule has 1 saturated heterocycles. The Morgan fingerprint density at radius 3 is 2.18 bits per heavy atom. The molecule has 120 valence electrons. The van der Waals surface area contributed by atoms with Gasteiger partial charge in [0.1, 0.15) is 0 Å². The summed E-state index contributed by atoms with van der Waals surface area (Å²) in [5.74, 6) is 0. The van der Waals surface area contributed by atoms with Crippen molar-refractivity contribution in [1.29, 1.82) is 0 Å². The molecule has 0 saturated carbocycles. The summed E-state index contributed by atoms with van der Waals surface area (Å²) in [5.41, 5.74) is 3.50. The summed E-state index contributed by atoms with van der Waals surface area (Å²) in [7, 11) is 1.93. The Morgan fingerprint density at radius 1 is 1.00 bits per heavy atom. The number of rotatable bonds is 1. The standard InChI is InChI=1S/C18H28BNO2/c1-16(2)15-9-8-14(12-13(15)10-11-20(16)7)19-21-17(3,4)18(5,6)22-19/h8-9,12H,10-11H2,1-7H3. The normalized spacial score (nSPS) is 26.0. The van der Waals surface area contributed by atoms with Gasteiger partial charge in [-0.05, 0) is 71.6 Å². The summed E-state index contributed by atoms with van der Waals surface area (Å²) in [6.07, 6.45) is 1.09. The molecule has 0 amide bonds. The van der Waals surface area contributed by atoms with E-state index in [0.717, 1.165) is 18.4 Å². The Hall–Kier alpha value is -0.835. The lowest BCUT2D eigenvalue weighted by molar-refractivity contribution is 0.00578. The number of benzene rings is 1. The van der Waals surface area contributed by atoms with Crippen molar-refractivity contribution >= 4 is 12.6 Å². The van der Waals surface area contributed by atoms with Crippen LogP contribution < -0.4 is 5.46 Å². The third-order valence-electron chi connectivity index (χ3n) is 5.98. The molecular formula is C18H28BNO2. The molecule has 0 spiro atoms. The smallest absolute Gasteiger partial charge is 0.399 e. The van der Waals surface area contributed by atoms with E-state index in [1.165, 1.54) is 11.1 Å². The molecule has 0 radical (unpaired) electrons. The molecule has 2 aliphatic heterocycles. The molecular weight excluding hydrogens is 273 g/mol. The highest BCUT2D eigenvalue weighted by molar-refractivity contribution is 6.62. The van der Waals surface area contributed by atoms with Crippen LogP contribution in [-0.4, -0.2) is 36.8 Å². The van der Waals surface area contributed by atoms with Crippen LogP contribution in [0, 0.1) is 0 Å². The van der Waals surface area contributed by atoms with Gasteiger partial charge < -0.3 is 9.31 Å². The van der Waals surface area contributed by atoms with Crippen LogP contribution in [0.25, 0.3) is 0 Å². The molecule has 1 fully saturated rings. The first-order chi connectivity index (χ1) is 10.0. The minimum Gasteiger partial charge on any atom is -0.399 e. The highest BCUT2D eigenvalue weighted by Crippen LogP contribution is 2.37. The van der Waals surface area contributed by atoms with Crippen LogP contribution in [-0.2, 0) is 21.3 Å². The lowest BCUT2D eigenvalue weighted by Gasteiger charge is -2.41. The van der Waals surface area contributed by atoms with Crippen LogP contribution >= 0.6 is 0 Å². The Morgan fingerprint density at radius 2 is 1.59 bits per heavy atom. The number of fused-ring (bicyclic) bond motifs is 1.